The zero-order valence-electron chi connectivity index (χ0n) is 21.3. The summed E-state index contributed by atoms with van der Waals surface area (Å²) in [6.07, 6.45) is 9.37. The molecule has 35 heavy (non-hydrogen) atoms. The Bertz CT molecular complexity index is 859. The Morgan fingerprint density at radius 2 is 2.00 bits per heavy atom. The Morgan fingerprint density at radius 1 is 1.29 bits per heavy atom. The van der Waals surface area contributed by atoms with Crippen LogP contribution in [0.25, 0.3) is 5.70 Å². The highest BCUT2D eigenvalue weighted by atomic mass is 16.5. The summed E-state index contributed by atoms with van der Waals surface area (Å²) in [6, 6.07) is 6.99. The van der Waals surface area contributed by atoms with Crippen LogP contribution in [0.15, 0.2) is 42.0 Å². The van der Waals surface area contributed by atoms with Gasteiger partial charge in [0.2, 0.25) is 0 Å². The van der Waals surface area contributed by atoms with Crippen molar-refractivity contribution in [3.63, 3.8) is 0 Å². The number of anilines is 1. The number of hydrogen-bond donors (Lipinski definition) is 5. The second-order valence-electron chi connectivity index (χ2n) is 9.75. The smallest absolute Gasteiger partial charge is 0.128 e. The maximum Gasteiger partial charge on any atom is 0.128 e. The van der Waals surface area contributed by atoms with E-state index in [1.807, 2.05) is 24.3 Å². The Balaban J connectivity index is 1.56. The Morgan fingerprint density at radius 3 is 2.69 bits per heavy atom. The molecule has 2 fully saturated rings. The van der Waals surface area contributed by atoms with Crippen LogP contribution >= 0.6 is 0 Å². The third kappa shape index (κ3) is 8.92. The molecular weight excluding hydrogens is 442 g/mol. The Kier molecular flexibility index (Phi) is 10.5. The summed E-state index contributed by atoms with van der Waals surface area (Å²) in [5, 5.41) is 10.6. The van der Waals surface area contributed by atoms with Crippen molar-refractivity contribution in [2.24, 2.45) is 16.5 Å². The molecule has 194 valence electrons. The highest BCUT2D eigenvalue weighted by molar-refractivity contribution is 5.99. The van der Waals surface area contributed by atoms with Crippen molar-refractivity contribution >= 4 is 17.4 Å². The predicted octanol–water partition coefficient (Wildman–Crippen LogP) is 2.37. The third-order valence-electron chi connectivity index (χ3n) is 6.69. The molecule has 1 aliphatic heterocycles. The maximum atomic E-state index is 6.49. The minimum absolute atomic E-state index is 0.276. The highest BCUT2D eigenvalue weighted by Gasteiger charge is 2.28. The number of hydrogen-bond acceptors (Lipinski definition) is 8. The molecule has 2 heterocycles. The van der Waals surface area contributed by atoms with Crippen molar-refractivity contribution in [1.82, 2.24) is 15.6 Å². The van der Waals surface area contributed by atoms with Crippen LogP contribution in [0.2, 0.25) is 0 Å². The largest absolute Gasteiger partial charge is 0.397 e. The van der Waals surface area contributed by atoms with Gasteiger partial charge < -0.3 is 36.9 Å². The molecule has 1 saturated heterocycles. The second-order valence-corrected chi connectivity index (χ2v) is 9.75. The van der Waals surface area contributed by atoms with Crippen LogP contribution in [0.5, 0.6) is 0 Å². The number of aromatic nitrogens is 1. The summed E-state index contributed by atoms with van der Waals surface area (Å²) in [5.74, 6) is 1.45. The lowest BCUT2D eigenvalue weighted by atomic mass is 9.90. The van der Waals surface area contributed by atoms with Gasteiger partial charge in [-0.05, 0) is 57.6 Å². The summed E-state index contributed by atoms with van der Waals surface area (Å²) in [7, 11) is 1.74. The fourth-order valence-corrected chi connectivity index (χ4v) is 4.67. The average molecular weight is 486 g/mol. The molecule has 1 aromatic rings. The first-order valence-electron chi connectivity index (χ1n) is 12.7. The van der Waals surface area contributed by atoms with E-state index < -0.39 is 0 Å². The van der Waals surface area contributed by atoms with Gasteiger partial charge in [-0.25, -0.2) is 9.98 Å². The Hall–Kier alpha value is -2.46. The van der Waals surface area contributed by atoms with E-state index in [9.17, 15) is 0 Å². The molecule has 1 aliphatic carbocycles. The first-order chi connectivity index (χ1) is 16.9. The lowest BCUT2D eigenvalue weighted by Gasteiger charge is -2.33. The zero-order chi connectivity index (χ0) is 25.1. The van der Waals surface area contributed by atoms with Gasteiger partial charge in [-0.15, -0.1) is 0 Å². The molecule has 0 unspecified atom stereocenters. The van der Waals surface area contributed by atoms with Crippen molar-refractivity contribution < 1.29 is 9.47 Å². The van der Waals surface area contributed by atoms with Gasteiger partial charge in [-0.1, -0.05) is 12.6 Å². The standard InChI is InChI=1S/C26H43N7O2/c1-4-29-25(32-21-10-8-20(9-11-21)31-19(2)17-34-3)16-22(27)23-6-5-7-24(33-23)30-18-26(28)12-14-35-15-13-26/h4-7,16,19-21,31H,1,8-15,17-18,27-28H2,2-3H3,(H,29,32)(H,30,33)/b22-16-/t19-,20-,21-/m1/s1. The molecule has 1 aromatic heterocycles. The summed E-state index contributed by atoms with van der Waals surface area (Å²) in [5.41, 5.74) is 13.9. The van der Waals surface area contributed by atoms with E-state index >= 15 is 0 Å². The van der Waals surface area contributed by atoms with Crippen LogP contribution in [0.1, 0.15) is 51.1 Å². The zero-order valence-corrected chi connectivity index (χ0v) is 21.3. The van der Waals surface area contributed by atoms with Crippen molar-refractivity contribution in [3.8, 4) is 0 Å². The number of nitrogens with zero attached hydrogens (tertiary/aromatic N) is 2. The third-order valence-corrected chi connectivity index (χ3v) is 6.69. The van der Waals surface area contributed by atoms with E-state index in [1.54, 1.807) is 7.11 Å². The number of pyridine rings is 1. The first kappa shape index (κ1) is 27.1. The molecule has 7 N–H and O–H groups in total. The summed E-state index contributed by atoms with van der Waals surface area (Å²) in [4.78, 5) is 9.10. The number of nitrogens with two attached hydrogens (primary N) is 2. The molecule has 0 spiro atoms. The molecular formula is C26H43N7O2. The molecule has 1 saturated carbocycles. The van der Waals surface area contributed by atoms with E-state index in [4.69, 9.17) is 20.9 Å². The van der Waals surface area contributed by atoms with Crippen LogP contribution in [0, 0.1) is 0 Å². The van der Waals surface area contributed by atoms with Crippen LogP contribution in [0.4, 0.5) is 5.82 Å². The van der Waals surface area contributed by atoms with Gasteiger partial charge in [0, 0.05) is 62.8 Å². The number of rotatable bonds is 11. The highest BCUT2D eigenvalue weighted by Crippen LogP contribution is 2.21. The molecule has 2 aliphatic rings. The van der Waals surface area contributed by atoms with Crippen molar-refractivity contribution in [1.29, 1.82) is 0 Å². The monoisotopic (exact) mass is 485 g/mol. The fourth-order valence-electron chi connectivity index (χ4n) is 4.67. The number of aliphatic imine (C=N–C) groups is 1. The lowest BCUT2D eigenvalue weighted by Crippen LogP contribution is -2.50. The topological polar surface area (TPSA) is 132 Å². The average Bonchev–Trinajstić information content (AvgIpc) is 2.85. The van der Waals surface area contributed by atoms with Crippen LogP contribution in [-0.2, 0) is 9.47 Å². The van der Waals surface area contributed by atoms with Gasteiger partial charge in [0.15, 0.2) is 0 Å². The molecule has 0 bridgehead atoms. The second kappa shape index (κ2) is 13.6. The van der Waals surface area contributed by atoms with E-state index in [0.29, 0.717) is 55.1 Å². The van der Waals surface area contributed by atoms with Crippen molar-refractivity contribution in [2.45, 2.75) is 69.1 Å². The van der Waals surface area contributed by atoms with Crippen LogP contribution < -0.4 is 27.4 Å². The van der Waals surface area contributed by atoms with E-state index in [1.165, 1.54) is 6.20 Å². The quantitative estimate of drug-likeness (QED) is 0.238. The summed E-state index contributed by atoms with van der Waals surface area (Å²) < 4.78 is 10.7. The van der Waals surface area contributed by atoms with Crippen molar-refractivity contribution in [2.75, 3.05) is 38.8 Å². The van der Waals surface area contributed by atoms with Crippen molar-refractivity contribution in [3.05, 3.63) is 42.7 Å². The number of amidine groups is 1. The summed E-state index contributed by atoms with van der Waals surface area (Å²) >= 11 is 0. The van der Waals surface area contributed by atoms with Gasteiger partial charge in [0.1, 0.15) is 11.7 Å². The molecule has 0 radical (unpaired) electrons. The molecule has 9 heteroatoms. The van der Waals surface area contributed by atoms with Gasteiger partial charge in [0.25, 0.3) is 0 Å². The minimum atomic E-state index is -0.276. The van der Waals surface area contributed by atoms with Gasteiger partial charge >= 0.3 is 0 Å². The Labute approximate surface area is 209 Å². The number of nitrogens with one attached hydrogen (secondary N) is 3. The first-order valence-corrected chi connectivity index (χ1v) is 12.7. The fraction of sp³-hybridized carbons (Fsp3) is 0.615. The van der Waals surface area contributed by atoms with Crippen LogP contribution in [-0.4, -0.2) is 68.0 Å². The van der Waals surface area contributed by atoms with E-state index in [0.717, 1.165) is 50.9 Å². The maximum absolute atomic E-state index is 6.49. The van der Waals surface area contributed by atoms with Gasteiger partial charge in [0.05, 0.1) is 18.0 Å². The summed E-state index contributed by atoms with van der Waals surface area (Å²) in [6.45, 7) is 8.69. The predicted molar refractivity (Wildman–Crippen MR) is 143 cm³/mol. The lowest BCUT2D eigenvalue weighted by molar-refractivity contribution is 0.0574. The van der Waals surface area contributed by atoms with Gasteiger partial charge in [-0.2, -0.15) is 0 Å². The van der Waals surface area contributed by atoms with Gasteiger partial charge in [-0.3, -0.25) is 0 Å². The van der Waals surface area contributed by atoms with E-state index in [2.05, 4.69) is 39.4 Å². The molecule has 3 rings (SSSR count). The number of methoxy groups -OCH3 is 1. The minimum Gasteiger partial charge on any atom is -0.397 e. The molecule has 9 nitrogen and oxygen atoms in total. The molecule has 0 amide bonds. The number of ether oxygens (including phenoxy) is 2. The molecule has 1 atom stereocenters. The normalized spacial score (nSPS) is 24.0. The van der Waals surface area contributed by atoms with Crippen LogP contribution in [0.3, 0.4) is 0 Å². The van der Waals surface area contributed by atoms with E-state index in [-0.39, 0.29) is 5.54 Å². The molecule has 0 aromatic carbocycles. The SMILES string of the molecule is C=C/N=C(\C=C(/N)c1cccc(NCC2(N)CCOCC2)n1)N[C@H]1CC[C@H](N[C@H](C)COC)CC1.